The summed E-state index contributed by atoms with van der Waals surface area (Å²) in [6.07, 6.45) is 3.61. The summed E-state index contributed by atoms with van der Waals surface area (Å²) in [6.45, 7) is 6.98. The van der Waals surface area contributed by atoms with Gasteiger partial charge < -0.3 is 14.2 Å². The number of hydrogen-bond acceptors (Lipinski definition) is 5. The lowest BCUT2D eigenvalue weighted by atomic mass is 9.93. The number of methoxy groups -OCH3 is 2. The fourth-order valence-corrected chi connectivity index (χ4v) is 4.06. The predicted octanol–water partition coefficient (Wildman–Crippen LogP) is 4.28. The minimum atomic E-state index is -0.647. The lowest BCUT2D eigenvalue weighted by molar-refractivity contribution is -0.147. The molecule has 0 radical (unpaired) electrons. The second kappa shape index (κ2) is 9.69. The van der Waals surface area contributed by atoms with E-state index in [1.165, 1.54) is 20.3 Å². The smallest absolute Gasteiger partial charge is 0.330 e. The zero-order chi connectivity index (χ0) is 22.6. The van der Waals surface area contributed by atoms with Crippen molar-refractivity contribution in [1.82, 2.24) is 0 Å². The molecule has 2 rings (SSSR count). The van der Waals surface area contributed by atoms with Gasteiger partial charge in [-0.2, -0.15) is 0 Å². The van der Waals surface area contributed by atoms with Crippen LogP contribution in [0.1, 0.15) is 49.9 Å². The molecule has 0 amide bonds. The van der Waals surface area contributed by atoms with E-state index < -0.39 is 29.5 Å². The first-order chi connectivity index (χ1) is 14.1. The highest BCUT2D eigenvalue weighted by molar-refractivity contribution is 5.83. The summed E-state index contributed by atoms with van der Waals surface area (Å²) in [5.74, 6) is -2.84. The molecule has 0 aromatic heterocycles. The Morgan fingerprint density at radius 2 is 1.53 bits per heavy atom. The Balaban J connectivity index is 2.24. The zero-order valence-electron chi connectivity index (χ0n) is 18.4. The van der Waals surface area contributed by atoms with Gasteiger partial charge in [0.25, 0.3) is 0 Å². The molecule has 0 saturated heterocycles. The summed E-state index contributed by atoms with van der Waals surface area (Å²) in [5.41, 5.74) is 0.582. The number of halogens is 2. The molecule has 1 aromatic rings. The third-order valence-corrected chi connectivity index (χ3v) is 5.95. The van der Waals surface area contributed by atoms with Crippen molar-refractivity contribution in [2.75, 3.05) is 14.2 Å². The van der Waals surface area contributed by atoms with Crippen molar-refractivity contribution in [2.45, 2.75) is 53.8 Å². The number of benzene rings is 1. The molecule has 30 heavy (non-hydrogen) atoms. The minimum absolute atomic E-state index is 0.0994. The highest BCUT2D eigenvalue weighted by Gasteiger charge is 2.61. The second-order valence-corrected chi connectivity index (χ2v) is 8.00. The van der Waals surface area contributed by atoms with Gasteiger partial charge in [0.15, 0.2) is 0 Å². The van der Waals surface area contributed by atoms with Crippen molar-refractivity contribution in [2.24, 2.45) is 17.3 Å². The van der Waals surface area contributed by atoms with Crippen LogP contribution in [0.4, 0.5) is 8.78 Å². The molecule has 1 aliphatic carbocycles. The molecular weight excluding hydrogens is 394 g/mol. The van der Waals surface area contributed by atoms with Crippen LogP contribution in [-0.4, -0.2) is 26.2 Å². The normalized spacial score (nSPS) is 19.7. The molecule has 1 aliphatic rings. The first-order valence-corrected chi connectivity index (χ1v) is 10.1. The van der Waals surface area contributed by atoms with Crippen LogP contribution < -0.4 is 0 Å². The Morgan fingerprint density at radius 1 is 0.967 bits per heavy atom. The van der Waals surface area contributed by atoms with Gasteiger partial charge in [0.05, 0.1) is 19.6 Å². The lowest BCUT2D eigenvalue weighted by Gasteiger charge is -2.19. The van der Waals surface area contributed by atoms with E-state index in [0.29, 0.717) is 29.5 Å². The van der Waals surface area contributed by atoms with Gasteiger partial charge in [0, 0.05) is 24.3 Å². The molecule has 2 atom stereocenters. The maximum atomic E-state index is 14.9. The Morgan fingerprint density at radius 3 is 2.00 bits per heavy atom. The van der Waals surface area contributed by atoms with Crippen LogP contribution in [0.25, 0.3) is 0 Å². The molecule has 5 nitrogen and oxygen atoms in total. The Hall–Kier alpha value is -2.28. The minimum Gasteiger partial charge on any atom is -0.466 e. The molecule has 0 spiro atoms. The van der Waals surface area contributed by atoms with E-state index in [1.54, 1.807) is 19.9 Å². The first kappa shape index (κ1) is 24.0. The molecule has 1 aromatic carbocycles. The van der Waals surface area contributed by atoms with Crippen molar-refractivity contribution in [3.8, 4) is 0 Å². The Kier molecular flexibility index (Phi) is 7.75. The largest absolute Gasteiger partial charge is 0.466 e. The topological polar surface area (TPSA) is 61.8 Å². The molecule has 1 fully saturated rings. The SMILES string of the molecule is CCc1c(F)c(COC)c(F)c(CC)c1COC(=O)[C@@H]1[C@H](/C=C\C(=O)OC)C1(C)C. The van der Waals surface area contributed by atoms with Gasteiger partial charge in [0.2, 0.25) is 0 Å². The average molecular weight is 424 g/mol. The maximum Gasteiger partial charge on any atom is 0.330 e. The monoisotopic (exact) mass is 424 g/mol. The summed E-state index contributed by atoms with van der Waals surface area (Å²) >= 11 is 0. The fraction of sp³-hybridized carbons (Fsp3) is 0.565. The number of carbonyl (C=O) groups is 2. The number of hydrogen-bond donors (Lipinski definition) is 0. The Bertz CT molecular complexity index is 813. The van der Waals surface area contributed by atoms with E-state index in [1.807, 2.05) is 13.8 Å². The van der Waals surface area contributed by atoms with Gasteiger partial charge in [-0.1, -0.05) is 33.8 Å². The third-order valence-electron chi connectivity index (χ3n) is 5.95. The summed E-state index contributed by atoms with van der Waals surface area (Å²) < 4.78 is 44.8. The molecular formula is C23H30F2O5. The van der Waals surface area contributed by atoms with E-state index in [0.717, 1.165) is 0 Å². The van der Waals surface area contributed by atoms with Crippen LogP contribution in [0.5, 0.6) is 0 Å². The molecule has 1 saturated carbocycles. The van der Waals surface area contributed by atoms with Crippen molar-refractivity contribution < 1.29 is 32.6 Å². The fourth-order valence-electron chi connectivity index (χ4n) is 4.06. The van der Waals surface area contributed by atoms with Crippen molar-refractivity contribution in [3.05, 3.63) is 46.0 Å². The number of esters is 2. The van der Waals surface area contributed by atoms with Crippen molar-refractivity contribution in [3.63, 3.8) is 0 Å². The molecule has 0 unspecified atom stereocenters. The van der Waals surface area contributed by atoms with E-state index in [9.17, 15) is 18.4 Å². The van der Waals surface area contributed by atoms with Gasteiger partial charge in [-0.25, -0.2) is 13.6 Å². The van der Waals surface area contributed by atoms with Gasteiger partial charge in [-0.05, 0) is 35.3 Å². The number of allylic oxidation sites excluding steroid dienone is 1. The molecule has 7 heteroatoms. The highest BCUT2D eigenvalue weighted by Crippen LogP contribution is 2.59. The first-order valence-electron chi connectivity index (χ1n) is 10.1. The van der Waals surface area contributed by atoms with Gasteiger partial charge in [0.1, 0.15) is 18.2 Å². The van der Waals surface area contributed by atoms with Crippen LogP contribution in [-0.2, 0) is 49.9 Å². The molecule has 0 N–H and O–H groups in total. The van der Waals surface area contributed by atoms with Crippen LogP contribution >= 0.6 is 0 Å². The lowest BCUT2D eigenvalue weighted by Crippen LogP contribution is -2.16. The molecule has 0 aliphatic heterocycles. The second-order valence-electron chi connectivity index (χ2n) is 8.00. The van der Waals surface area contributed by atoms with Crippen molar-refractivity contribution in [1.29, 1.82) is 0 Å². The molecule has 0 bridgehead atoms. The van der Waals surface area contributed by atoms with E-state index in [4.69, 9.17) is 9.47 Å². The van der Waals surface area contributed by atoms with Crippen molar-refractivity contribution >= 4 is 11.9 Å². The van der Waals surface area contributed by atoms with Crippen LogP contribution in [0.15, 0.2) is 12.2 Å². The van der Waals surface area contributed by atoms with E-state index >= 15 is 0 Å². The van der Waals surface area contributed by atoms with Gasteiger partial charge >= 0.3 is 11.9 Å². The third kappa shape index (κ3) is 4.56. The summed E-state index contributed by atoms with van der Waals surface area (Å²) in [7, 11) is 2.66. The van der Waals surface area contributed by atoms with Crippen LogP contribution in [0, 0.1) is 28.9 Å². The Labute approximate surface area is 176 Å². The summed E-state index contributed by atoms with van der Waals surface area (Å²) in [6, 6.07) is 0. The highest BCUT2D eigenvalue weighted by atomic mass is 19.1. The predicted molar refractivity (Wildman–Crippen MR) is 108 cm³/mol. The summed E-state index contributed by atoms with van der Waals surface area (Å²) in [4.78, 5) is 24.0. The number of rotatable bonds is 9. The van der Waals surface area contributed by atoms with Gasteiger partial charge in [-0.15, -0.1) is 0 Å². The van der Waals surface area contributed by atoms with Crippen LogP contribution in [0.3, 0.4) is 0 Å². The summed E-state index contributed by atoms with van der Waals surface area (Å²) in [5, 5.41) is 0. The standard InChI is InChI=1S/C23H30F2O5/c1-7-13-15(14(8-2)21(25)16(11-28-5)20(13)24)12-30-22(27)19-17(23(19,3)4)9-10-18(26)29-6/h9-10,17,19H,7-8,11-12H2,1-6H3/b10-9-/t17-,19-/m0/s1. The van der Waals surface area contributed by atoms with Crippen LogP contribution in [0.2, 0.25) is 0 Å². The zero-order valence-corrected chi connectivity index (χ0v) is 18.4. The maximum absolute atomic E-state index is 14.9. The van der Waals surface area contributed by atoms with E-state index in [2.05, 4.69) is 4.74 Å². The molecule has 0 heterocycles. The van der Waals surface area contributed by atoms with E-state index in [-0.39, 0.29) is 30.1 Å². The van der Waals surface area contributed by atoms with Gasteiger partial charge in [-0.3, -0.25) is 4.79 Å². The number of carbonyl (C=O) groups excluding carboxylic acids is 2. The molecule has 166 valence electrons. The quantitative estimate of drug-likeness (QED) is 0.437. The average Bonchev–Trinajstić information content (AvgIpc) is 3.27. The number of ether oxygens (including phenoxy) is 3.